The second-order valence-corrected chi connectivity index (χ2v) is 4.02. The van der Waals surface area contributed by atoms with Gasteiger partial charge in [-0.05, 0) is 39.4 Å². The maximum Gasteiger partial charge on any atom is 0.211 e. The number of hydrogen-bond donors (Lipinski definition) is 2. The zero-order valence-corrected chi connectivity index (χ0v) is 9.25. The lowest BCUT2D eigenvalue weighted by atomic mass is 10.2. The predicted molar refractivity (Wildman–Crippen MR) is 58.7 cm³/mol. The van der Waals surface area contributed by atoms with Gasteiger partial charge in [0.1, 0.15) is 5.76 Å². The lowest BCUT2D eigenvalue weighted by Crippen LogP contribution is -2.12. The van der Waals surface area contributed by atoms with Gasteiger partial charge in [0.15, 0.2) is 0 Å². The molecule has 2 heterocycles. The van der Waals surface area contributed by atoms with E-state index in [0.717, 1.165) is 44.0 Å². The molecule has 4 nitrogen and oxygen atoms in total. The van der Waals surface area contributed by atoms with E-state index in [9.17, 15) is 0 Å². The molecule has 84 valence electrons. The van der Waals surface area contributed by atoms with Gasteiger partial charge >= 0.3 is 0 Å². The van der Waals surface area contributed by atoms with Crippen molar-refractivity contribution in [2.75, 3.05) is 20.1 Å². The van der Waals surface area contributed by atoms with Gasteiger partial charge < -0.3 is 15.1 Å². The standard InChI is InChI=1S/C11H19N3O/c1-12-6-2-4-9-8-14-11(15-9)10-5-3-7-13-10/h8,10,12-13H,2-7H2,1H3. The van der Waals surface area contributed by atoms with Crippen LogP contribution in [0.3, 0.4) is 0 Å². The molecule has 1 aliphatic heterocycles. The minimum atomic E-state index is 0.350. The Kier molecular flexibility index (Phi) is 3.75. The first-order chi connectivity index (χ1) is 7.40. The molecule has 0 saturated carbocycles. The van der Waals surface area contributed by atoms with Crippen LogP contribution in [0.2, 0.25) is 0 Å². The summed E-state index contributed by atoms with van der Waals surface area (Å²) in [5, 5.41) is 6.51. The first-order valence-corrected chi connectivity index (χ1v) is 5.72. The van der Waals surface area contributed by atoms with Gasteiger partial charge in [0, 0.05) is 6.42 Å². The van der Waals surface area contributed by atoms with Crippen molar-refractivity contribution in [2.45, 2.75) is 31.7 Å². The van der Waals surface area contributed by atoms with Gasteiger partial charge in [-0.25, -0.2) is 4.98 Å². The van der Waals surface area contributed by atoms with Crippen molar-refractivity contribution in [2.24, 2.45) is 0 Å². The summed E-state index contributed by atoms with van der Waals surface area (Å²) < 4.78 is 5.71. The van der Waals surface area contributed by atoms with E-state index in [2.05, 4.69) is 15.6 Å². The highest BCUT2D eigenvalue weighted by Crippen LogP contribution is 2.22. The summed E-state index contributed by atoms with van der Waals surface area (Å²) in [4.78, 5) is 4.33. The van der Waals surface area contributed by atoms with Crippen LogP contribution in [-0.4, -0.2) is 25.1 Å². The third kappa shape index (κ3) is 2.79. The number of rotatable bonds is 5. The highest BCUT2D eigenvalue weighted by molar-refractivity contribution is 5.00. The Bertz CT molecular complexity index is 292. The maximum atomic E-state index is 5.71. The van der Waals surface area contributed by atoms with Crippen molar-refractivity contribution in [3.8, 4) is 0 Å². The SMILES string of the molecule is CNCCCc1cnc(C2CCCN2)o1. The van der Waals surface area contributed by atoms with Crippen LogP contribution in [0.5, 0.6) is 0 Å². The van der Waals surface area contributed by atoms with Gasteiger partial charge in [0.25, 0.3) is 0 Å². The summed E-state index contributed by atoms with van der Waals surface area (Å²) >= 11 is 0. The lowest BCUT2D eigenvalue weighted by molar-refractivity contribution is 0.401. The molecule has 1 aromatic rings. The topological polar surface area (TPSA) is 50.1 Å². The van der Waals surface area contributed by atoms with Crippen molar-refractivity contribution in [3.63, 3.8) is 0 Å². The van der Waals surface area contributed by atoms with Crippen molar-refractivity contribution in [3.05, 3.63) is 17.8 Å². The van der Waals surface area contributed by atoms with E-state index in [1.54, 1.807) is 0 Å². The largest absolute Gasteiger partial charge is 0.444 e. The summed E-state index contributed by atoms with van der Waals surface area (Å²) in [6, 6.07) is 0.350. The van der Waals surface area contributed by atoms with Crippen LogP contribution in [0.4, 0.5) is 0 Å². The summed E-state index contributed by atoms with van der Waals surface area (Å²) in [6.45, 7) is 2.11. The van der Waals surface area contributed by atoms with Crippen LogP contribution in [0.15, 0.2) is 10.6 Å². The number of oxazole rings is 1. The van der Waals surface area contributed by atoms with E-state index in [4.69, 9.17) is 4.42 Å². The molecule has 15 heavy (non-hydrogen) atoms. The van der Waals surface area contributed by atoms with Crippen LogP contribution in [-0.2, 0) is 6.42 Å². The zero-order valence-electron chi connectivity index (χ0n) is 9.25. The molecular weight excluding hydrogens is 190 g/mol. The van der Waals surface area contributed by atoms with Crippen LogP contribution < -0.4 is 10.6 Å². The third-order valence-corrected chi connectivity index (χ3v) is 2.78. The molecule has 0 bridgehead atoms. The molecule has 1 aromatic heterocycles. The minimum absolute atomic E-state index is 0.350. The smallest absolute Gasteiger partial charge is 0.211 e. The number of hydrogen-bond acceptors (Lipinski definition) is 4. The number of aromatic nitrogens is 1. The Hall–Kier alpha value is -0.870. The molecule has 1 unspecified atom stereocenters. The molecule has 0 amide bonds. The highest BCUT2D eigenvalue weighted by Gasteiger charge is 2.20. The van der Waals surface area contributed by atoms with Crippen molar-refractivity contribution >= 4 is 0 Å². The molecule has 1 aliphatic rings. The Balaban J connectivity index is 1.86. The third-order valence-electron chi connectivity index (χ3n) is 2.78. The molecule has 2 rings (SSSR count). The quantitative estimate of drug-likeness (QED) is 0.717. The van der Waals surface area contributed by atoms with Gasteiger partial charge in [0.2, 0.25) is 5.89 Å². The van der Waals surface area contributed by atoms with E-state index < -0.39 is 0 Å². The Morgan fingerprint density at radius 1 is 1.67 bits per heavy atom. The van der Waals surface area contributed by atoms with Gasteiger partial charge in [-0.2, -0.15) is 0 Å². The van der Waals surface area contributed by atoms with Gasteiger partial charge in [-0.1, -0.05) is 0 Å². The molecule has 0 radical (unpaired) electrons. The van der Waals surface area contributed by atoms with Crippen molar-refractivity contribution in [1.82, 2.24) is 15.6 Å². The Morgan fingerprint density at radius 2 is 2.60 bits per heavy atom. The molecule has 1 atom stereocenters. The van der Waals surface area contributed by atoms with Gasteiger partial charge in [-0.3, -0.25) is 0 Å². The van der Waals surface area contributed by atoms with Crippen LogP contribution in [0, 0.1) is 0 Å². The molecule has 4 heteroatoms. The number of aryl methyl sites for hydroxylation is 1. The number of nitrogens with one attached hydrogen (secondary N) is 2. The maximum absolute atomic E-state index is 5.71. The Labute approximate surface area is 90.5 Å². The van der Waals surface area contributed by atoms with E-state index in [1.165, 1.54) is 6.42 Å². The monoisotopic (exact) mass is 209 g/mol. The van der Waals surface area contributed by atoms with Gasteiger partial charge in [-0.15, -0.1) is 0 Å². The van der Waals surface area contributed by atoms with E-state index >= 15 is 0 Å². The lowest BCUT2D eigenvalue weighted by Gasteiger charge is -2.03. The highest BCUT2D eigenvalue weighted by atomic mass is 16.4. The predicted octanol–water partition coefficient (Wildman–Crippen LogP) is 1.25. The fourth-order valence-corrected chi connectivity index (χ4v) is 1.93. The van der Waals surface area contributed by atoms with E-state index in [1.807, 2.05) is 13.2 Å². The zero-order chi connectivity index (χ0) is 10.5. The molecule has 0 aliphatic carbocycles. The molecule has 1 fully saturated rings. The molecular formula is C11H19N3O. The average Bonchev–Trinajstić information content (AvgIpc) is 2.87. The van der Waals surface area contributed by atoms with Crippen LogP contribution >= 0.6 is 0 Å². The van der Waals surface area contributed by atoms with Crippen LogP contribution in [0.25, 0.3) is 0 Å². The average molecular weight is 209 g/mol. The fraction of sp³-hybridized carbons (Fsp3) is 0.727. The molecule has 0 spiro atoms. The normalized spacial score (nSPS) is 21.0. The van der Waals surface area contributed by atoms with Crippen LogP contribution in [0.1, 0.15) is 37.0 Å². The molecule has 0 aromatic carbocycles. The van der Waals surface area contributed by atoms with Crippen molar-refractivity contribution in [1.29, 1.82) is 0 Å². The number of nitrogens with zero attached hydrogens (tertiary/aromatic N) is 1. The second-order valence-electron chi connectivity index (χ2n) is 4.02. The Morgan fingerprint density at radius 3 is 3.33 bits per heavy atom. The molecule has 2 N–H and O–H groups in total. The van der Waals surface area contributed by atoms with Gasteiger partial charge in [0.05, 0.1) is 12.2 Å². The minimum Gasteiger partial charge on any atom is -0.444 e. The first-order valence-electron chi connectivity index (χ1n) is 5.72. The first kappa shape index (κ1) is 10.6. The van der Waals surface area contributed by atoms with E-state index in [0.29, 0.717) is 6.04 Å². The summed E-state index contributed by atoms with van der Waals surface area (Å²) in [7, 11) is 1.97. The fourth-order valence-electron chi connectivity index (χ4n) is 1.93. The molecule has 1 saturated heterocycles. The van der Waals surface area contributed by atoms with E-state index in [-0.39, 0.29) is 0 Å². The summed E-state index contributed by atoms with van der Waals surface area (Å²) in [5.74, 6) is 1.88. The summed E-state index contributed by atoms with van der Waals surface area (Å²) in [6.07, 6.45) is 6.31. The second kappa shape index (κ2) is 5.28. The van der Waals surface area contributed by atoms with Crippen molar-refractivity contribution < 1.29 is 4.42 Å². The summed E-state index contributed by atoms with van der Waals surface area (Å²) in [5.41, 5.74) is 0.